The Kier molecular flexibility index (Phi) is 5.36. The van der Waals surface area contributed by atoms with Crippen molar-refractivity contribution < 1.29 is 9.21 Å². The predicted octanol–water partition coefficient (Wildman–Crippen LogP) is 3.34. The zero-order chi connectivity index (χ0) is 16.8. The normalized spacial score (nSPS) is 21.5. The van der Waals surface area contributed by atoms with Gasteiger partial charge in [-0.1, -0.05) is 37.3 Å². The average Bonchev–Trinajstić information content (AvgIpc) is 3.13. The van der Waals surface area contributed by atoms with Gasteiger partial charge in [0.2, 0.25) is 5.91 Å². The van der Waals surface area contributed by atoms with Crippen LogP contribution in [0.25, 0.3) is 0 Å². The van der Waals surface area contributed by atoms with E-state index < -0.39 is 0 Å². The molecule has 1 atom stereocenters. The Morgan fingerprint density at radius 2 is 2.08 bits per heavy atom. The first-order valence-corrected chi connectivity index (χ1v) is 8.73. The lowest BCUT2D eigenvalue weighted by Gasteiger charge is -2.41. The maximum absolute atomic E-state index is 12.0. The zero-order valence-electron chi connectivity index (χ0n) is 14.3. The van der Waals surface area contributed by atoms with Gasteiger partial charge in [0, 0.05) is 24.9 Å². The molecular weight excluding hydrogens is 300 g/mol. The minimum absolute atomic E-state index is 0.0818. The highest BCUT2D eigenvalue weighted by Gasteiger charge is 2.32. The summed E-state index contributed by atoms with van der Waals surface area (Å²) < 4.78 is 5.23. The molecular formula is C20H26N2O2. The summed E-state index contributed by atoms with van der Waals surface area (Å²) in [4.78, 5) is 14.5. The molecule has 4 heteroatoms. The smallest absolute Gasteiger partial charge is 0.221 e. The van der Waals surface area contributed by atoms with Gasteiger partial charge >= 0.3 is 0 Å². The first-order chi connectivity index (χ1) is 11.7. The van der Waals surface area contributed by atoms with Crippen LogP contribution in [0.2, 0.25) is 0 Å². The van der Waals surface area contributed by atoms with Crippen LogP contribution >= 0.6 is 0 Å². The van der Waals surface area contributed by atoms with Crippen molar-refractivity contribution >= 4 is 5.91 Å². The van der Waals surface area contributed by atoms with Crippen LogP contribution in [-0.4, -0.2) is 30.4 Å². The van der Waals surface area contributed by atoms with Gasteiger partial charge in [0.15, 0.2) is 0 Å². The van der Waals surface area contributed by atoms with Gasteiger partial charge in [0.1, 0.15) is 5.76 Å². The van der Waals surface area contributed by atoms with Crippen molar-refractivity contribution in [1.82, 2.24) is 10.2 Å². The molecule has 0 saturated carbocycles. The lowest BCUT2D eigenvalue weighted by Crippen LogP contribution is -2.45. The second kappa shape index (κ2) is 7.67. The van der Waals surface area contributed by atoms with E-state index in [0.29, 0.717) is 13.0 Å². The van der Waals surface area contributed by atoms with Gasteiger partial charge in [-0.15, -0.1) is 0 Å². The number of hydrogen-bond donors (Lipinski definition) is 1. The standard InChI is InChI=1S/C20H26N2O2/c1-20(17-7-3-2-4-8-17)11-6-12-22(16-20)13-10-19(23)21-15-18-9-5-14-24-18/h2-5,7-9,14H,6,10-13,15-16H2,1H3,(H,21,23). The molecule has 2 aromatic rings. The van der Waals surface area contributed by atoms with E-state index in [0.717, 1.165) is 25.4 Å². The molecule has 2 heterocycles. The fourth-order valence-corrected chi connectivity index (χ4v) is 3.56. The molecule has 1 amide bonds. The zero-order valence-corrected chi connectivity index (χ0v) is 14.3. The molecule has 1 saturated heterocycles. The molecule has 1 aromatic carbocycles. The number of furan rings is 1. The van der Waals surface area contributed by atoms with E-state index in [2.05, 4.69) is 47.5 Å². The summed E-state index contributed by atoms with van der Waals surface area (Å²) >= 11 is 0. The van der Waals surface area contributed by atoms with Crippen LogP contribution in [-0.2, 0) is 16.8 Å². The Labute approximate surface area is 143 Å². The van der Waals surface area contributed by atoms with Gasteiger partial charge in [-0.2, -0.15) is 0 Å². The Morgan fingerprint density at radius 1 is 1.25 bits per heavy atom. The molecule has 0 bridgehead atoms. The summed E-state index contributed by atoms with van der Waals surface area (Å²) in [5.41, 5.74) is 1.58. The summed E-state index contributed by atoms with van der Waals surface area (Å²) in [5.74, 6) is 0.872. The van der Waals surface area contributed by atoms with Gasteiger partial charge in [-0.3, -0.25) is 4.79 Å². The fourth-order valence-electron chi connectivity index (χ4n) is 3.56. The second-order valence-electron chi connectivity index (χ2n) is 6.91. The third-order valence-electron chi connectivity index (χ3n) is 4.94. The van der Waals surface area contributed by atoms with Crippen molar-refractivity contribution in [1.29, 1.82) is 0 Å². The van der Waals surface area contributed by atoms with Crippen molar-refractivity contribution in [3.8, 4) is 0 Å². The maximum atomic E-state index is 12.0. The van der Waals surface area contributed by atoms with E-state index >= 15 is 0 Å². The summed E-state index contributed by atoms with van der Waals surface area (Å²) in [6, 6.07) is 14.4. The van der Waals surface area contributed by atoms with Gasteiger partial charge < -0.3 is 14.6 Å². The SMILES string of the molecule is CC1(c2ccccc2)CCCN(CCC(=O)NCc2ccco2)C1. The van der Waals surface area contributed by atoms with Gasteiger partial charge in [-0.25, -0.2) is 0 Å². The van der Waals surface area contributed by atoms with E-state index in [9.17, 15) is 4.79 Å². The van der Waals surface area contributed by atoms with Crippen LogP contribution < -0.4 is 5.32 Å². The van der Waals surface area contributed by atoms with Crippen molar-refractivity contribution in [3.05, 3.63) is 60.1 Å². The van der Waals surface area contributed by atoms with Gasteiger partial charge in [-0.05, 0) is 37.1 Å². The molecule has 1 aliphatic rings. The number of benzene rings is 1. The lowest BCUT2D eigenvalue weighted by atomic mass is 9.76. The summed E-state index contributed by atoms with van der Waals surface area (Å²) in [7, 11) is 0. The van der Waals surface area contributed by atoms with Crippen molar-refractivity contribution in [2.24, 2.45) is 0 Å². The minimum Gasteiger partial charge on any atom is -0.467 e. The van der Waals surface area contributed by atoms with Crippen molar-refractivity contribution in [2.45, 2.75) is 38.1 Å². The van der Waals surface area contributed by atoms with E-state index in [4.69, 9.17) is 4.42 Å². The third kappa shape index (κ3) is 4.26. The van der Waals surface area contributed by atoms with Gasteiger partial charge in [0.25, 0.3) is 0 Å². The van der Waals surface area contributed by atoms with Crippen LogP contribution in [0.4, 0.5) is 0 Å². The topological polar surface area (TPSA) is 45.5 Å². The average molecular weight is 326 g/mol. The highest BCUT2D eigenvalue weighted by Crippen LogP contribution is 2.33. The fraction of sp³-hybridized carbons (Fsp3) is 0.450. The Hall–Kier alpha value is -2.07. The number of nitrogens with one attached hydrogen (secondary N) is 1. The minimum atomic E-state index is 0.0818. The molecule has 128 valence electrons. The van der Waals surface area contributed by atoms with Crippen molar-refractivity contribution in [3.63, 3.8) is 0 Å². The first kappa shape index (κ1) is 16.8. The Balaban J connectivity index is 1.48. The highest BCUT2D eigenvalue weighted by atomic mass is 16.3. The Morgan fingerprint density at radius 3 is 2.83 bits per heavy atom. The number of piperidine rings is 1. The number of nitrogens with zero attached hydrogens (tertiary/aromatic N) is 1. The molecule has 1 N–H and O–H groups in total. The van der Waals surface area contributed by atoms with Crippen LogP contribution in [0, 0.1) is 0 Å². The van der Waals surface area contributed by atoms with Crippen LogP contribution in [0.5, 0.6) is 0 Å². The number of rotatable bonds is 6. The molecule has 0 spiro atoms. The summed E-state index contributed by atoms with van der Waals surface area (Å²) in [6.45, 7) is 5.71. The summed E-state index contributed by atoms with van der Waals surface area (Å²) in [6.07, 6.45) is 4.54. The lowest BCUT2D eigenvalue weighted by molar-refractivity contribution is -0.121. The number of hydrogen-bond acceptors (Lipinski definition) is 3. The number of carbonyl (C=O) groups excluding carboxylic acids is 1. The van der Waals surface area contributed by atoms with Gasteiger partial charge in [0.05, 0.1) is 12.8 Å². The third-order valence-corrected chi connectivity index (χ3v) is 4.94. The second-order valence-corrected chi connectivity index (χ2v) is 6.91. The largest absolute Gasteiger partial charge is 0.467 e. The molecule has 3 rings (SSSR count). The molecule has 0 aliphatic carbocycles. The number of likely N-dealkylation sites (tertiary alicyclic amines) is 1. The van der Waals surface area contributed by atoms with Crippen molar-refractivity contribution in [2.75, 3.05) is 19.6 Å². The number of carbonyl (C=O) groups is 1. The molecule has 0 radical (unpaired) electrons. The quantitative estimate of drug-likeness (QED) is 0.885. The maximum Gasteiger partial charge on any atom is 0.221 e. The predicted molar refractivity (Wildman–Crippen MR) is 94.6 cm³/mol. The molecule has 1 aromatic heterocycles. The molecule has 4 nitrogen and oxygen atoms in total. The van der Waals surface area contributed by atoms with E-state index in [1.54, 1.807) is 6.26 Å². The Bertz CT molecular complexity index is 639. The van der Waals surface area contributed by atoms with E-state index in [1.807, 2.05) is 12.1 Å². The summed E-state index contributed by atoms with van der Waals surface area (Å²) in [5, 5.41) is 2.92. The highest BCUT2D eigenvalue weighted by molar-refractivity contribution is 5.75. The first-order valence-electron chi connectivity index (χ1n) is 8.73. The number of amides is 1. The van der Waals surface area contributed by atoms with Crippen LogP contribution in [0.15, 0.2) is 53.1 Å². The monoisotopic (exact) mass is 326 g/mol. The molecule has 1 fully saturated rings. The molecule has 1 aliphatic heterocycles. The molecule has 1 unspecified atom stereocenters. The van der Waals surface area contributed by atoms with E-state index in [1.165, 1.54) is 18.4 Å². The molecule has 24 heavy (non-hydrogen) atoms. The van der Waals surface area contributed by atoms with Crippen LogP contribution in [0.1, 0.15) is 37.5 Å². The van der Waals surface area contributed by atoms with Crippen LogP contribution in [0.3, 0.4) is 0 Å². The van der Waals surface area contributed by atoms with E-state index in [-0.39, 0.29) is 11.3 Å².